The summed E-state index contributed by atoms with van der Waals surface area (Å²) in [5, 5.41) is 0. The fourth-order valence-electron chi connectivity index (χ4n) is 1.41. The maximum Gasteiger partial charge on any atom is 0.421 e. The van der Waals surface area contributed by atoms with Crippen LogP contribution in [0.4, 0.5) is 4.79 Å². The molecule has 7 heteroatoms. The van der Waals surface area contributed by atoms with E-state index in [1.165, 1.54) is 7.11 Å². The number of carbonyl (C=O) groups is 1. The fourth-order valence-corrected chi connectivity index (χ4v) is 2.80. The van der Waals surface area contributed by atoms with Crippen LogP contribution >= 0.6 is 0 Å². The minimum atomic E-state index is -3.73. The highest BCUT2D eigenvalue weighted by Gasteiger charge is 2.55. The Labute approximate surface area is 103 Å². The molecule has 1 aliphatic carbocycles. The van der Waals surface area contributed by atoms with Gasteiger partial charge in [0.15, 0.2) is 0 Å². The van der Waals surface area contributed by atoms with Crippen LogP contribution in [0, 0.1) is 0 Å². The molecular formula is C10H21NO5S. The van der Waals surface area contributed by atoms with Crippen molar-refractivity contribution < 1.29 is 24.1 Å². The van der Waals surface area contributed by atoms with Gasteiger partial charge < -0.3 is 9.47 Å². The van der Waals surface area contributed by atoms with Gasteiger partial charge in [0.2, 0.25) is 10.0 Å². The molecule has 0 aromatic heterocycles. The Kier molecular flexibility index (Phi) is 3.73. The molecule has 1 rings (SSSR count). The van der Waals surface area contributed by atoms with E-state index in [1.54, 1.807) is 20.8 Å². The molecule has 0 aliphatic heterocycles. The highest BCUT2D eigenvalue weighted by molar-refractivity contribution is 7.91. The van der Waals surface area contributed by atoms with Gasteiger partial charge in [-0.05, 0) is 33.6 Å². The summed E-state index contributed by atoms with van der Waals surface area (Å²) >= 11 is 0. The van der Waals surface area contributed by atoms with Crippen molar-refractivity contribution in [1.29, 1.82) is 0 Å². The number of amides is 1. The van der Waals surface area contributed by atoms with Crippen LogP contribution in [0.15, 0.2) is 0 Å². The lowest BCUT2D eigenvalue weighted by atomic mass is 10.2. The van der Waals surface area contributed by atoms with E-state index in [9.17, 15) is 13.2 Å². The minimum Gasteiger partial charge on any atom is -0.443 e. The van der Waals surface area contributed by atoms with Crippen molar-refractivity contribution in [2.75, 3.05) is 13.7 Å². The number of hydrogen-bond acceptors (Lipinski definition) is 5. The molecule has 17 heavy (non-hydrogen) atoms. The summed E-state index contributed by atoms with van der Waals surface area (Å²) < 4.78 is 34.6. The Balaban J connectivity index is 0.00000289. The summed E-state index contributed by atoms with van der Waals surface area (Å²) in [6, 6.07) is 0. The van der Waals surface area contributed by atoms with Crippen molar-refractivity contribution in [3.63, 3.8) is 0 Å². The molecule has 0 spiro atoms. The summed E-state index contributed by atoms with van der Waals surface area (Å²) in [4.78, 5) is 11.4. The Morgan fingerprint density at radius 3 is 2.29 bits per heavy atom. The molecule has 0 atom stereocenters. The number of nitrogens with one attached hydrogen (secondary N) is 1. The number of rotatable bonds is 4. The highest BCUT2D eigenvalue weighted by Crippen LogP contribution is 2.43. The number of ether oxygens (including phenoxy) is 2. The lowest BCUT2D eigenvalue weighted by Crippen LogP contribution is -2.44. The van der Waals surface area contributed by atoms with Crippen molar-refractivity contribution in [1.82, 2.24) is 4.72 Å². The zero-order valence-electron chi connectivity index (χ0n) is 10.6. The van der Waals surface area contributed by atoms with E-state index in [-0.39, 0.29) is 8.03 Å². The monoisotopic (exact) mass is 267 g/mol. The molecule has 0 unspecified atom stereocenters. The van der Waals surface area contributed by atoms with Gasteiger partial charge in [0.1, 0.15) is 10.3 Å². The van der Waals surface area contributed by atoms with Gasteiger partial charge in [0, 0.05) is 8.54 Å². The predicted octanol–water partition coefficient (Wildman–Crippen LogP) is 1.27. The SMILES string of the molecule is COCC1(S(=O)(=O)NC(=O)OC(C)(C)C)CC1.[HH]. The van der Waals surface area contributed by atoms with Gasteiger partial charge in [-0.25, -0.2) is 17.9 Å². The smallest absolute Gasteiger partial charge is 0.421 e. The largest absolute Gasteiger partial charge is 0.443 e. The zero-order chi connectivity index (χ0) is 13.3. The summed E-state index contributed by atoms with van der Waals surface area (Å²) in [6.45, 7) is 5.09. The summed E-state index contributed by atoms with van der Waals surface area (Å²) in [7, 11) is -2.30. The molecule has 1 amide bonds. The maximum atomic E-state index is 11.9. The molecule has 0 aromatic carbocycles. The molecule has 1 fully saturated rings. The van der Waals surface area contributed by atoms with E-state index in [4.69, 9.17) is 9.47 Å². The van der Waals surface area contributed by atoms with Crippen molar-refractivity contribution in [2.45, 2.75) is 44.0 Å². The Bertz CT molecular complexity index is 397. The summed E-state index contributed by atoms with van der Waals surface area (Å²) in [6.07, 6.45) is 0.0534. The van der Waals surface area contributed by atoms with E-state index in [1.807, 2.05) is 4.72 Å². The Hall–Kier alpha value is -0.820. The van der Waals surface area contributed by atoms with Gasteiger partial charge in [-0.3, -0.25) is 0 Å². The summed E-state index contributed by atoms with van der Waals surface area (Å²) in [5.74, 6) is 0. The van der Waals surface area contributed by atoms with E-state index < -0.39 is 26.5 Å². The van der Waals surface area contributed by atoms with E-state index >= 15 is 0 Å². The number of methoxy groups -OCH3 is 1. The van der Waals surface area contributed by atoms with Crippen molar-refractivity contribution in [3.8, 4) is 0 Å². The second kappa shape index (κ2) is 4.45. The Morgan fingerprint density at radius 2 is 1.94 bits per heavy atom. The van der Waals surface area contributed by atoms with Crippen LogP contribution in [0.25, 0.3) is 0 Å². The molecule has 0 radical (unpaired) electrons. The first kappa shape index (κ1) is 14.2. The van der Waals surface area contributed by atoms with Crippen LogP contribution < -0.4 is 4.72 Å². The lowest BCUT2D eigenvalue weighted by Gasteiger charge is -2.21. The second-order valence-corrected chi connectivity index (χ2v) is 7.30. The average molecular weight is 267 g/mol. The number of carbonyl (C=O) groups excluding carboxylic acids is 1. The van der Waals surface area contributed by atoms with Crippen molar-refractivity contribution in [2.24, 2.45) is 0 Å². The van der Waals surface area contributed by atoms with E-state index in [0.29, 0.717) is 12.8 Å². The minimum absolute atomic E-state index is 0. The lowest BCUT2D eigenvalue weighted by molar-refractivity contribution is 0.0568. The molecule has 0 bridgehead atoms. The van der Waals surface area contributed by atoms with Gasteiger partial charge in [-0.15, -0.1) is 0 Å². The molecule has 1 N–H and O–H groups in total. The van der Waals surface area contributed by atoms with Crippen molar-refractivity contribution >= 4 is 16.1 Å². The van der Waals surface area contributed by atoms with Crippen LogP contribution in [-0.4, -0.2) is 38.6 Å². The molecular weight excluding hydrogens is 246 g/mol. The first-order valence-electron chi connectivity index (χ1n) is 5.36. The third-order valence-electron chi connectivity index (χ3n) is 2.40. The molecule has 0 saturated heterocycles. The van der Waals surface area contributed by atoms with Crippen LogP contribution in [0.1, 0.15) is 35.0 Å². The van der Waals surface area contributed by atoms with Gasteiger partial charge in [-0.1, -0.05) is 0 Å². The van der Waals surface area contributed by atoms with Crippen LogP contribution in [0.5, 0.6) is 0 Å². The highest BCUT2D eigenvalue weighted by atomic mass is 32.2. The Morgan fingerprint density at radius 1 is 1.41 bits per heavy atom. The van der Waals surface area contributed by atoms with Gasteiger partial charge in [0.25, 0.3) is 0 Å². The third kappa shape index (κ3) is 3.57. The summed E-state index contributed by atoms with van der Waals surface area (Å²) in [5.41, 5.74) is -0.725. The van der Waals surface area contributed by atoms with Gasteiger partial charge >= 0.3 is 6.09 Å². The molecule has 1 saturated carbocycles. The molecule has 0 heterocycles. The van der Waals surface area contributed by atoms with E-state index in [0.717, 1.165) is 0 Å². The average Bonchev–Trinajstić information content (AvgIpc) is 2.80. The van der Waals surface area contributed by atoms with Gasteiger partial charge in [0.05, 0.1) is 6.61 Å². The predicted molar refractivity (Wildman–Crippen MR) is 64.2 cm³/mol. The maximum absolute atomic E-state index is 11.9. The van der Waals surface area contributed by atoms with Crippen LogP contribution in [0.2, 0.25) is 0 Å². The third-order valence-corrected chi connectivity index (χ3v) is 4.50. The van der Waals surface area contributed by atoms with Gasteiger partial charge in [-0.2, -0.15) is 0 Å². The first-order chi connectivity index (χ1) is 7.62. The normalized spacial score (nSPS) is 18.6. The topological polar surface area (TPSA) is 81.7 Å². The number of hydrogen-bond donors (Lipinski definition) is 1. The quantitative estimate of drug-likeness (QED) is 0.829. The molecule has 1 aliphatic rings. The van der Waals surface area contributed by atoms with E-state index in [2.05, 4.69) is 0 Å². The zero-order valence-corrected chi connectivity index (χ0v) is 11.4. The molecule has 102 valence electrons. The second-order valence-electron chi connectivity index (χ2n) is 5.22. The first-order valence-corrected chi connectivity index (χ1v) is 6.84. The van der Waals surface area contributed by atoms with Crippen molar-refractivity contribution in [3.05, 3.63) is 0 Å². The number of sulfonamides is 1. The molecule has 6 nitrogen and oxygen atoms in total. The fraction of sp³-hybridized carbons (Fsp3) is 0.900. The van der Waals surface area contributed by atoms with Crippen LogP contribution in [-0.2, 0) is 19.5 Å². The standard InChI is InChI=1S/C10H19NO5S.H2/c1-9(2,3)16-8(12)11-17(13,14)10(5-6-10)7-15-4;/h5-7H2,1-4H3,(H,11,12);1H. The van der Waals surface area contributed by atoms with Crippen LogP contribution in [0.3, 0.4) is 0 Å². The molecule has 0 aromatic rings.